The van der Waals surface area contributed by atoms with Crippen LogP contribution in [0.1, 0.15) is 19.3 Å². The molecule has 2 bridgehead atoms. The van der Waals surface area contributed by atoms with E-state index in [4.69, 9.17) is 0 Å². The summed E-state index contributed by atoms with van der Waals surface area (Å²) in [4.78, 5) is 0. The van der Waals surface area contributed by atoms with Gasteiger partial charge in [-0.2, -0.15) is 0 Å². The summed E-state index contributed by atoms with van der Waals surface area (Å²) in [6, 6.07) is 0. The van der Waals surface area contributed by atoms with Gasteiger partial charge in [-0.1, -0.05) is 6.08 Å². The van der Waals surface area contributed by atoms with Crippen molar-refractivity contribution < 1.29 is 0 Å². The van der Waals surface area contributed by atoms with Gasteiger partial charge >= 0.3 is 0 Å². The second kappa shape index (κ2) is 2.62. The number of hydrazine groups is 1. The molecule has 3 heterocycles. The van der Waals surface area contributed by atoms with Gasteiger partial charge in [-0.05, 0) is 25.2 Å². The van der Waals surface area contributed by atoms with Crippen molar-refractivity contribution in [1.29, 1.82) is 0 Å². The fraction of sp³-hybridized carbons (Fsp3) is 0.750. The van der Waals surface area contributed by atoms with Crippen molar-refractivity contribution in [3.05, 3.63) is 12.3 Å². The third kappa shape index (κ3) is 1.16. The minimum atomic E-state index is 0.967. The zero-order valence-electron chi connectivity index (χ0n) is 6.21. The Kier molecular flexibility index (Phi) is 1.63. The first-order valence-corrected chi connectivity index (χ1v) is 4.11. The quantitative estimate of drug-likeness (QED) is 0.539. The van der Waals surface area contributed by atoms with Crippen LogP contribution in [-0.2, 0) is 0 Å². The number of nitrogens with zero attached hydrogens (tertiary/aromatic N) is 1. The van der Waals surface area contributed by atoms with Crippen molar-refractivity contribution in [1.82, 2.24) is 10.4 Å². The second-order valence-corrected chi connectivity index (χ2v) is 3.20. The molecule has 1 fully saturated rings. The van der Waals surface area contributed by atoms with E-state index in [1.807, 2.05) is 0 Å². The maximum Gasteiger partial charge on any atom is 0.0181 e. The first-order valence-electron chi connectivity index (χ1n) is 4.11. The van der Waals surface area contributed by atoms with Gasteiger partial charge in [0.1, 0.15) is 0 Å². The van der Waals surface area contributed by atoms with E-state index in [2.05, 4.69) is 22.7 Å². The number of nitrogens with one attached hydrogen (secondary N) is 1. The molecular formula is C8H14N2. The van der Waals surface area contributed by atoms with Gasteiger partial charge in [0.25, 0.3) is 0 Å². The monoisotopic (exact) mass is 138 g/mol. The van der Waals surface area contributed by atoms with Crippen LogP contribution in [0.15, 0.2) is 12.3 Å². The average Bonchev–Trinajstić information content (AvgIpc) is 1.89. The van der Waals surface area contributed by atoms with Crippen LogP contribution >= 0.6 is 0 Å². The van der Waals surface area contributed by atoms with E-state index in [-0.39, 0.29) is 0 Å². The number of hydrogen-bond donors (Lipinski definition) is 1. The van der Waals surface area contributed by atoms with E-state index in [9.17, 15) is 0 Å². The predicted octanol–water partition coefficient (Wildman–Crippen LogP) is 1.12. The van der Waals surface area contributed by atoms with Crippen LogP contribution in [0.2, 0.25) is 0 Å². The van der Waals surface area contributed by atoms with Crippen molar-refractivity contribution in [2.24, 2.45) is 5.92 Å². The molecule has 0 atom stereocenters. The van der Waals surface area contributed by atoms with E-state index >= 15 is 0 Å². The highest BCUT2D eigenvalue weighted by Crippen LogP contribution is 2.20. The second-order valence-electron chi connectivity index (χ2n) is 3.20. The zero-order valence-corrected chi connectivity index (χ0v) is 6.21. The van der Waals surface area contributed by atoms with Gasteiger partial charge in [-0.15, -0.1) is 0 Å². The summed E-state index contributed by atoms with van der Waals surface area (Å²) in [5.41, 5.74) is 3.26. The minimum absolute atomic E-state index is 0.967. The molecule has 3 aliphatic heterocycles. The van der Waals surface area contributed by atoms with Gasteiger partial charge in [-0.3, -0.25) is 0 Å². The van der Waals surface area contributed by atoms with Crippen LogP contribution in [0.5, 0.6) is 0 Å². The Balaban J connectivity index is 2.06. The minimum Gasteiger partial charge on any atom is -0.326 e. The number of piperidine rings is 1. The molecule has 0 amide bonds. The van der Waals surface area contributed by atoms with Gasteiger partial charge in [0.05, 0.1) is 0 Å². The number of hydrogen-bond acceptors (Lipinski definition) is 2. The van der Waals surface area contributed by atoms with E-state index in [1.165, 1.54) is 32.4 Å². The molecule has 2 nitrogen and oxygen atoms in total. The van der Waals surface area contributed by atoms with Gasteiger partial charge in [0.2, 0.25) is 0 Å². The summed E-state index contributed by atoms with van der Waals surface area (Å²) < 4.78 is 0. The SMILES string of the molecule is C1=CNN2CCC(C1)CC2. The fourth-order valence-corrected chi connectivity index (χ4v) is 1.72. The molecular weight excluding hydrogens is 124 g/mol. The summed E-state index contributed by atoms with van der Waals surface area (Å²) in [7, 11) is 0. The average molecular weight is 138 g/mol. The molecule has 0 aliphatic carbocycles. The van der Waals surface area contributed by atoms with Crippen molar-refractivity contribution in [2.75, 3.05) is 13.1 Å². The zero-order chi connectivity index (χ0) is 6.81. The summed E-state index contributed by atoms with van der Waals surface area (Å²) in [5.74, 6) is 0.967. The standard InChI is InChI=1S/C8H14N2/c1-2-8-3-6-10(7-4-8)9-5-1/h1,5,8-9H,2-4,6-7H2. The molecule has 2 heteroatoms. The first-order chi connectivity index (χ1) is 4.95. The van der Waals surface area contributed by atoms with Crippen LogP contribution in [0.25, 0.3) is 0 Å². The molecule has 10 heavy (non-hydrogen) atoms. The molecule has 0 aromatic heterocycles. The first kappa shape index (κ1) is 6.23. The molecule has 0 radical (unpaired) electrons. The third-order valence-electron chi connectivity index (χ3n) is 2.46. The molecule has 1 N–H and O–H groups in total. The van der Waals surface area contributed by atoms with E-state index < -0.39 is 0 Å². The summed E-state index contributed by atoms with van der Waals surface area (Å²) in [5, 5.41) is 2.30. The molecule has 56 valence electrons. The molecule has 0 aromatic rings. The maximum atomic E-state index is 3.26. The molecule has 0 unspecified atom stereocenters. The highest BCUT2D eigenvalue weighted by molar-refractivity contribution is 4.87. The Morgan fingerprint density at radius 2 is 2.10 bits per heavy atom. The van der Waals surface area contributed by atoms with E-state index in [1.54, 1.807) is 0 Å². The number of rotatable bonds is 0. The summed E-state index contributed by atoms with van der Waals surface area (Å²) in [6.45, 7) is 2.46. The van der Waals surface area contributed by atoms with Crippen LogP contribution < -0.4 is 5.43 Å². The van der Waals surface area contributed by atoms with Gasteiger partial charge in [0.15, 0.2) is 0 Å². The maximum absolute atomic E-state index is 3.26. The largest absolute Gasteiger partial charge is 0.326 e. The molecule has 0 aromatic carbocycles. The lowest BCUT2D eigenvalue weighted by Crippen LogP contribution is -2.42. The molecule has 0 saturated carbocycles. The normalized spacial score (nSPS) is 38.4. The lowest BCUT2D eigenvalue weighted by Gasteiger charge is -2.33. The van der Waals surface area contributed by atoms with Crippen LogP contribution in [0.3, 0.4) is 0 Å². The highest BCUT2D eigenvalue weighted by Gasteiger charge is 2.18. The van der Waals surface area contributed by atoms with Crippen molar-refractivity contribution in [2.45, 2.75) is 19.3 Å². The van der Waals surface area contributed by atoms with Crippen molar-refractivity contribution in [3.8, 4) is 0 Å². The predicted molar refractivity (Wildman–Crippen MR) is 41.2 cm³/mol. The number of fused-ring (bicyclic) bond motifs is 4. The van der Waals surface area contributed by atoms with E-state index in [0.717, 1.165) is 5.92 Å². The highest BCUT2D eigenvalue weighted by atomic mass is 15.5. The fourth-order valence-electron chi connectivity index (χ4n) is 1.72. The Morgan fingerprint density at radius 3 is 2.90 bits per heavy atom. The topological polar surface area (TPSA) is 15.3 Å². The van der Waals surface area contributed by atoms with Crippen LogP contribution in [0.4, 0.5) is 0 Å². The Morgan fingerprint density at radius 1 is 1.30 bits per heavy atom. The summed E-state index contributed by atoms with van der Waals surface area (Å²) >= 11 is 0. The van der Waals surface area contributed by atoms with Gasteiger partial charge in [-0.25, -0.2) is 5.01 Å². The lowest BCUT2D eigenvalue weighted by molar-refractivity contribution is 0.141. The Hall–Kier alpha value is -0.500. The van der Waals surface area contributed by atoms with E-state index in [0.29, 0.717) is 0 Å². The smallest absolute Gasteiger partial charge is 0.0181 e. The van der Waals surface area contributed by atoms with Crippen molar-refractivity contribution >= 4 is 0 Å². The van der Waals surface area contributed by atoms with Crippen molar-refractivity contribution in [3.63, 3.8) is 0 Å². The Labute approximate surface area is 61.9 Å². The van der Waals surface area contributed by atoms with Gasteiger partial charge in [0, 0.05) is 19.3 Å². The van der Waals surface area contributed by atoms with Crippen LogP contribution in [-0.4, -0.2) is 18.1 Å². The number of allylic oxidation sites excluding steroid dienone is 1. The molecule has 3 aliphatic rings. The Bertz CT molecular complexity index is 118. The lowest BCUT2D eigenvalue weighted by atomic mass is 9.94. The molecule has 3 rings (SSSR count). The van der Waals surface area contributed by atoms with Gasteiger partial charge < -0.3 is 5.43 Å². The molecule has 0 spiro atoms. The molecule has 1 saturated heterocycles. The third-order valence-corrected chi connectivity index (χ3v) is 2.46. The summed E-state index contributed by atoms with van der Waals surface area (Å²) in [6.07, 6.45) is 8.34. The van der Waals surface area contributed by atoms with Crippen LogP contribution in [0, 0.1) is 5.92 Å².